The molecule has 366 valence electrons. The van der Waals surface area contributed by atoms with E-state index in [-0.39, 0.29) is 11.8 Å². The lowest BCUT2D eigenvalue weighted by molar-refractivity contribution is 0.664. The number of nitrogens with zero attached hydrogens (tertiary/aromatic N) is 2. The molecule has 0 aliphatic rings. The molecule has 15 aromatic rings. The topological polar surface area (TPSA) is 59.0 Å². The van der Waals surface area contributed by atoms with Crippen molar-refractivity contribution in [2.45, 2.75) is 53.4 Å². The van der Waals surface area contributed by atoms with E-state index in [1.165, 1.54) is 22.3 Å². The zero-order valence-corrected chi connectivity index (χ0v) is 43.2. The van der Waals surface area contributed by atoms with Crippen LogP contribution in [-0.4, -0.2) is 0 Å². The highest BCUT2D eigenvalue weighted by molar-refractivity contribution is 6.19. The molecule has 0 unspecified atom stereocenters. The van der Waals surface area contributed by atoms with Crippen molar-refractivity contribution in [1.82, 2.24) is 0 Å². The quantitative estimate of drug-likeness (QED) is 0.151. The van der Waals surface area contributed by atoms with E-state index in [1.807, 2.05) is 12.1 Å². The fraction of sp³-hybridized carbons (Fsp3) is 0.114. The highest BCUT2D eigenvalue weighted by Crippen LogP contribution is 2.50. The molecule has 0 bridgehead atoms. The van der Waals surface area contributed by atoms with E-state index in [9.17, 15) is 0 Å². The van der Waals surface area contributed by atoms with Crippen molar-refractivity contribution in [3.63, 3.8) is 0 Å². The summed E-state index contributed by atoms with van der Waals surface area (Å²) in [5, 5.41) is 13.0. The maximum atomic E-state index is 6.83. The zero-order chi connectivity index (χ0) is 51.1. The Morgan fingerprint density at radius 2 is 0.697 bits per heavy atom. The number of para-hydroxylation sites is 4. The largest absolute Gasteiger partial charge is 0.456 e. The molecule has 76 heavy (non-hydrogen) atoms. The highest BCUT2D eigenvalue weighted by Gasteiger charge is 2.28. The van der Waals surface area contributed by atoms with E-state index in [2.05, 4.69) is 233 Å². The second-order valence-corrected chi connectivity index (χ2v) is 21.3. The summed E-state index contributed by atoms with van der Waals surface area (Å²) in [6.07, 6.45) is 0. The van der Waals surface area contributed by atoms with Crippen LogP contribution in [0.25, 0.3) is 109 Å². The van der Waals surface area contributed by atoms with Crippen LogP contribution in [-0.2, 0) is 0 Å². The second-order valence-electron chi connectivity index (χ2n) is 21.3. The van der Waals surface area contributed by atoms with Crippen molar-refractivity contribution in [3.8, 4) is 0 Å². The minimum Gasteiger partial charge on any atom is -0.456 e. The first kappa shape index (κ1) is 44.2. The third-order valence-electron chi connectivity index (χ3n) is 16.0. The molecule has 4 aromatic heterocycles. The van der Waals surface area contributed by atoms with E-state index in [0.717, 1.165) is 143 Å². The Labute approximate surface area is 438 Å². The van der Waals surface area contributed by atoms with E-state index >= 15 is 0 Å². The number of hydrogen-bond acceptors (Lipinski definition) is 6. The van der Waals surface area contributed by atoms with Gasteiger partial charge in [-0.3, -0.25) is 0 Å². The fourth-order valence-corrected chi connectivity index (χ4v) is 12.2. The van der Waals surface area contributed by atoms with Gasteiger partial charge in [0.15, 0.2) is 11.2 Å². The van der Waals surface area contributed by atoms with Gasteiger partial charge in [-0.1, -0.05) is 137 Å². The van der Waals surface area contributed by atoms with Crippen molar-refractivity contribution in [1.29, 1.82) is 0 Å². The van der Waals surface area contributed by atoms with Crippen LogP contribution in [0.5, 0.6) is 0 Å². The molecular formula is C70H52N2O4. The van der Waals surface area contributed by atoms with Gasteiger partial charge in [-0.05, 0) is 154 Å². The molecule has 4 heterocycles. The number of rotatable bonds is 8. The molecule has 6 nitrogen and oxygen atoms in total. The van der Waals surface area contributed by atoms with Gasteiger partial charge in [0.25, 0.3) is 0 Å². The molecule has 0 amide bonds. The van der Waals surface area contributed by atoms with Crippen molar-refractivity contribution >= 4 is 143 Å². The molecule has 15 rings (SSSR count). The molecule has 0 aliphatic heterocycles. The number of aryl methyl sites for hydroxylation is 2. The first-order valence-electron chi connectivity index (χ1n) is 26.4. The van der Waals surface area contributed by atoms with Crippen LogP contribution in [0.4, 0.5) is 34.1 Å². The van der Waals surface area contributed by atoms with Crippen molar-refractivity contribution < 1.29 is 17.7 Å². The van der Waals surface area contributed by atoms with Crippen LogP contribution in [0.3, 0.4) is 0 Å². The minimum absolute atomic E-state index is 0.244. The number of benzene rings is 11. The normalized spacial score (nSPS) is 12.3. The molecule has 0 N–H and O–H groups in total. The Morgan fingerprint density at radius 3 is 1.13 bits per heavy atom. The second kappa shape index (κ2) is 16.6. The van der Waals surface area contributed by atoms with Crippen LogP contribution in [0.15, 0.2) is 212 Å². The van der Waals surface area contributed by atoms with Gasteiger partial charge in [0.2, 0.25) is 0 Å². The lowest BCUT2D eigenvalue weighted by Crippen LogP contribution is -2.14. The van der Waals surface area contributed by atoms with Gasteiger partial charge in [0, 0.05) is 65.8 Å². The number of hydrogen-bond donors (Lipinski definition) is 0. The standard InChI is InChI=1S/C70H52N2O4/c1-39(2)49-27-29-53-51-17-9-13-21-61(51)75-69(53)67(49)71(59-19-11-7-15-41(59)5)47-25-23-43-33-55-57-37-66-58(38-65(57)73-63(55)35-45(43)31-47)56-34-44-24-26-48(32-46(44)36-64(56)74-66)72(60-20-12-8-16-42(60)6)68-50(40(3)4)28-30-54-52-18-10-14-22-62(52)76-70(54)68/h7-40H,1-6H3. The average Bonchev–Trinajstić information content (AvgIpc) is 4.22. The summed E-state index contributed by atoms with van der Waals surface area (Å²) >= 11 is 0. The minimum atomic E-state index is 0.244. The maximum Gasteiger partial charge on any atom is 0.159 e. The number of fused-ring (bicyclic) bond motifs is 14. The molecule has 0 saturated carbocycles. The Kier molecular flexibility index (Phi) is 9.68. The van der Waals surface area contributed by atoms with Crippen LogP contribution < -0.4 is 9.80 Å². The summed E-state index contributed by atoms with van der Waals surface area (Å²) in [5.74, 6) is 0.488. The van der Waals surface area contributed by atoms with Crippen molar-refractivity contribution in [2.75, 3.05) is 9.80 Å². The first-order valence-corrected chi connectivity index (χ1v) is 26.4. The molecule has 0 spiro atoms. The van der Waals surface area contributed by atoms with E-state index in [1.54, 1.807) is 0 Å². The van der Waals surface area contributed by atoms with Crippen LogP contribution in [0, 0.1) is 13.8 Å². The SMILES string of the molecule is Cc1ccccc1N(c1ccc2cc3c(cc2c1)oc1cc2c(cc13)oc1cc3cc(N(c4ccccc4C)c4c(C(C)C)ccc5c4oc4ccccc45)ccc3cc12)c1c(C(C)C)ccc2c1oc1ccccc12. The van der Waals surface area contributed by atoms with Gasteiger partial charge in [-0.25, -0.2) is 0 Å². The molecule has 11 aromatic carbocycles. The van der Waals surface area contributed by atoms with Crippen LogP contribution in [0.1, 0.15) is 61.8 Å². The van der Waals surface area contributed by atoms with Crippen LogP contribution in [0.2, 0.25) is 0 Å². The molecular weight excluding hydrogens is 933 g/mol. The summed E-state index contributed by atoms with van der Waals surface area (Å²) in [7, 11) is 0. The van der Waals surface area contributed by atoms with Crippen LogP contribution >= 0.6 is 0 Å². The number of anilines is 6. The Balaban J connectivity index is 0.857. The fourth-order valence-electron chi connectivity index (χ4n) is 12.2. The average molecular weight is 985 g/mol. The van der Waals surface area contributed by atoms with Gasteiger partial charge in [0.1, 0.15) is 33.5 Å². The molecule has 0 atom stereocenters. The lowest BCUT2D eigenvalue weighted by atomic mass is 9.96. The summed E-state index contributed by atoms with van der Waals surface area (Å²) < 4.78 is 27.3. The number of furan rings is 4. The smallest absolute Gasteiger partial charge is 0.159 e. The van der Waals surface area contributed by atoms with E-state index in [0.29, 0.717) is 0 Å². The third kappa shape index (κ3) is 6.66. The monoisotopic (exact) mass is 984 g/mol. The summed E-state index contributed by atoms with van der Waals surface area (Å²) in [4.78, 5) is 4.79. The van der Waals surface area contributed by atoms with Crippen molar-refractivity contribution in [3.05, 3.63) is 216 Å². The van der Waals surface area contributed by atoms with Crippen molar-refractivity contribution in [2.24, 2.45) is 0 Å². The zero-order valence-electron chi connectivity index (χ0n) is 43.2. The predicted octanol–water partition coefficient (Wildman–Crippen LogP) is 21.4. The predicted molar refractivity (Wildman–Crippen MR) is 318 cm³/mol. The van der Waals surface area contributed by atoms with Gasteiger partial charge in [-0.15, -0.1) is 0 Å². The Bertz CT molecular complexity index is 4580. The molecule has 6 heteroatoms. The van der Waals surface area contributed by atoms with Gasteiger partial charge < -0.3 is 27.5 Å². The molecule has 0 aliphatic carbocycles. The summed E-state index contributed by atoms with van der Waals surface area (Å²) in [6, 6.07) is 69.7. The Hall–Kier alpha value is -9.26. The molecule has 0 fully saturated rings. The lowest BCUT2D eigenvalue weighted by Gasteiger charge is -2.30. The van der Waals surface area contributed by atoms with Gasteiger partial charge in [0.05, 0.1) is 11.4 Å². The van der Waals surface area contributed by atoms with Gasteiger partial charge >= 0.3 is 0 Å². The third-order valence-corrected chi connectivity index (χ3v) is 16.0. The molecule has 0 saturated heterocycles. The van der Waals surface area contributed by atoms with E-state index < -0.39 is 0 Å². The van der Waals surface area contributed by atoms with Gasteiger partial charge in [-0.2, -0.15) is 0 Å². The first-order chi connectivity index (χ1) is 37.1. The summed E-state index contributed by atoms with van der Waals surface area (Å²) in [5.41, 5.74) is 18.0. The Morgan fingerprint density at radius 1 is 0.303 bits per heavy atom. The maximum absolute atomic E-state index is 6.83. The highest BCUT2D eigenvalue weighted by atomic mass is 16.3. The summed E-state index contributed by atoms with van der Waals surface area (Å²) in [6.45, 7) is 13.4. The molecule has 0 radical (unpaired) electrons. The van der Waals surface area contributed by atoms with E-state index in [4.69, 9.17) is 17.7 Å².